The third-order valence-electron chi connectivity index (χ3n) is 11.6. The number of morpholine rings is 1. The minimum absolute atomic E-state index is 0.128. The first kappa shape index (κ1) is 32.8. The molecule has 0 spiro atoms. The molecule has 4 heterocycles. The first-order valence-corrected chi connectivity index (χ1v) is 18.4. The summed E-state index contributed by atoms with van der Waals surface area (Å²) in [7, 11) is 0. The second-order valence-corrected chi connectivity index (χ2v) is 15.2. The van der Waals surface area contributed by atoms with Crippen molar-refractivity contribution in [2.45, 2.75) is 108 Å². The van der Waals surface area contributed by atoms with Gasteiger partial charge >= 0.3 is 0 Å². The number of aromatic nitrogens is 3. The first-order chi connectivity index (χ1) is 22.8. The Morgan fingerprint density at radius 2 is 1.68 bits per heavy atom. The van der Waals surface area contributed by atoms with E-state index >= 15 is 0 Å². The second kappa shape index (κ2) is 14.0. The summed E-state index contributed by atoms with van der Waals surface area (Å²) in [6.45, 7) is 4.67. The summed E-state index contributed by atoms with van der Waals surface area (Å²) in [6.07, 6.45) is 14.8. The van der Waals surface area contributed by atoms with Gasteiger partial charge in [-0.15, -0.1) is 0 Å². The van der Waals surface area contributed by atoms with Gasteiger partial charge in [0.05, 0.1) is 36.3 Å². The van der Waals surface area contributed by atoms with Crippen LogP contribution >= 0.6 is 11.6 Å². The van der Waals surface area contributed by atoms with Crippen molar-refractivity contribution in [3.8, 4) is 5.69 Å². The molecule has 4 fully saturated rings. The van der Waals surface area contributed by atoms with Crippen LogP contribution in [0.15, 0.2) is 41.5 Å². The molecule has 2 atom stereocenters. The Bertz CT molecular complexity index is 1570. The summed E-state index contributed by atoms with van der Waals surface area (Å²) in [5, 5.41) is 16.0. The normalized spacial score (nSPS) is 24.6. The number of piperidine rings is 1. The number of hydrogen-bond donors (Lipinski definition) is 2. The van der Waals surface area contributed by atoms with E-state index in [-0.39, 0.29) is 30.2 Å². The monoisotopic (exact) mass is 663 g/mol. The number of carbonyl (C=O) groups is 1. The summed E-state index contributed by atoms with van der Waals surface area (Å²) in [5.74, 6) is 1.44. The van der Waals surface area contributed by atoms with Gasteiger partial charge in [0.25, 0.3) is 5.56 Å². The number of carbonyl (C=O) groups excluding carboxylic acids is 1. The van der Waals surface area contributed by atoms with Crippen LogP contribution in [0.3, 0.4) is 0 Å². The van der Waals surface area contributed by atoms with Crippen LogP contribution in [0.1, 0.15) is 95.6 Å². The standard InChI is InChI=1S/C37H50ClN5O4/c1-25-21-39-31(22-47-25)26-12-14-29(15-13-26)43-32(38)20-30-34(43)40-24-42(35(30)44)23-37(46)16-18-41(19-17-37)36(45)33(27-8-4-2-5-9-27)28-10-6-3-7-11-28/h12-15,20,24-25,27-28,31,33,39,46H,2-11,16-19,21-23H2,1H3/t25-,31-/m0/s1. The van der Waals surface area contributed by atoms with E-state index in [1.807, 2.05) is 17.0 Å². The SMILES string of the molecule is C[C@H]1CN[C@H](c2ccc(-n3c(Cl)cc4c(=O)n(CC5(O)CCN(C(=O)C(C6CCCCC6)C6CCCCC6)CC5)cnc43)cc2)CO1. The van der Waals surface area contributed by atoms with E-state index in [9.17, 15) is 14.7 Å². The van der Waals surface area contributed by atoms with Gasteiger partial charge < -0.3 is 20.1 Å². The Labute approximate surface area is 282 Å². The van der Waals surface area contributed by atoms with Gasteiger partial charge in [0.15, 0.2) is 5.65 Å². The smallest absolute Gasteiger partial charge is 0.262 e. The maximum atomic E-state index is 14.1. The molecule has 7 rings (SSSR count). The number of ether oxygens (including phenoxy) is 1. The number of likely N-dealkylation sites (tertiary alicyclic amines) is 1. The van der Waals surface area contributed by atoms with E-state index in [1.54, 1.807) is 10.6 Å². The van der Waals surface area contributed by atoms with Crippen LogP contribution in [-0.2, 0) is 16.1 Å². The fourth-order valence-corrected chi connectivity index (χ4v) is 9.09. The van der Waals surface area contributed by atoms with Crippen LogP contribution in [0.2, 0.25) is 5.15 Å². The molecule has 2 N–H and O–H groups in total. The molecule has 4 aliphatic rings. The van der Waals surface area contributed by atoms with E-state index in [1.165, 1.54) is 75.1 Å². The Balaban J connectivity index is 1.04. The zero-order valence-electron chi connectivity index (χ0n) is 27.7. The van der Waals surface area contributed by atoms with Crippen molar-refractivity contribution >= 4 is 28.5 Å². The van der Waals surface area contributed by atoms with Crippen molar-refractivity contribution in [3.63, 3.8) is 0 Å². The van der Waals surface area contributed by atoms with Crippen LogP contribution in [0.4, 0.5) is 0 Å². The van der Waals surface area contributed by atoms with Gasteiger partial charge in [-0.1, -0.05) is 62.3 Å². The number of rotatable bonds is 7. The average Bonchev–Trinajstić information content (AvgIpc) is 3.44. The van der Waals surface area contributed by atoms with Crippen molar-refractivity contribution in [1.82, 2.24) is 24.3 Å². The van der Waals surface area contributed by atoms with Gasteiger partial charge in [0.1, 0.15) is 11.5 Å². The van der Waals surface area contributed by atoms with Gasteiger partial charge in [-0.3, -0.25) is 18.7 Å². The van der Waals surface area contributed by atoms with Crippen molar-refractivity contribution in [3.05, 3.63) is 57.7 Å². The van der Waals surface area contributed by atoms with Crippen LogP contribution in [-0.4, -0.2) is 68.0 Å². The lowest BCUT2D eigenvalue weighted by molar-refractivity contribution is -0.145. The highest BCUT2D eigenvalue weighted by atomic mass is 35.5. The van der Waals surface area contributed by atoms with E-state index < -0.39 is 5.60 Å². The molecule has 2 saturated carbocycles. The van der Waals surface area contributed by atoms with Gasteiger partial charge in [-0.25, -0.2) is 4.98 Å². The number of aliphatic hydroxyl groups is 1. The quantitative estimate of drug-likeness (QED) is 0.321. The van der Waals surface area contributed by atoms with Crippen molar-refractivity contribution in [2.75, 3.05) is 26.2 Å². The van der Waals surface area contributed by atoms with Gasteiger partial charge in [0, 0.05) is 31.2 Å². The molecule has 10 heteroatoms. The van der Waals surface area contributed by atoms with Gasteiger partial charge in [-0.05, 0) is 81.0 Å². The molecule has 9 nitrogen and oxygen atoms in total. The summed E-state index contributed by atoms with van der Waals surface area (Å²) in [4.78, 5) is 34.5. The number of benzene rings is 1. The average molecular weight is 664 g/mol. The number of hydrogen-bond acceptors (Lipinski definition) is 6. The molecule has 1 amide bonds. The van der Waals surface area contributed by atoms with Crippen molar-refractivity contribution in [1.29, 1.82) is 0 Å². The zero-order chi connectivity index (χ0) is 32.5. The molecule has 1 aromatic carbocycles. The predicted octanol–water partition coefficient (Wildman–Crippen LogP) is 6.02. The lowest BCUT2D eigenvalue weighted by atomic mass is 9.69. The molecule has 0 bridgehead atoms. The third-order valence-corrected chi connectivity index (χ3v) is 11.8. The van der Waals surface area contributed by atoms with E-state index in [0.29, 0.717) is 66.5 Å². The molecule has 47 heavy (non-hydrogen) atoms. The van der Waals surface area contributed by atoms with E-state index in [0.717, 1.165) is 17.8 Å². The molecule has 2 aromatic heterocycles. The Morgan fingerprint density at radius 3 is 2.28 bits per heavy atom. The van der Waals surface area contributed by atoms with Gasteiger partial charge in [0.2, 0.25) is 5.91 Å². The zero-order valence-corrected chi connectivity index (χ0v) is 28.5. The predicted molar refractivity (Wildman–Crippen MR) is 184 cm³/mol. The fourth-order valence-electron chi connectivity index (χ4n) is 8.80. The highest BCUT2D eigenvalue weighted by Gasteiger charge is 2.41. The number of nitrogens with zero attached hydrogens (tertiary/aromatic N) is 4. The molecular weight excluding hydrogens is 614 g/mol. The maximum absolute atomic E-state index is 14.1. The second-order valence-electron chi connectivity index (χ2n) is 14.8. The highest BCUT2D eigenvalue weighted by Crippen LogP contribution is 2.41. The lowest BCUT2D eigenvalue weighted by Gasteiger charge is -2.43. The number of fused-ring (bicyclic) bond motifs is 1. The molecule has 254 valence electrons. The summed E-state index contributed by atoms with van der Waals surface area (Å²) >= 11 is 6.69. The molecular formula is C37H50ClN5O4. The maximum Gasteiger partial charge on any atom is 0.262 e. The minimum Gasteiger partial charge on any atom is -0.388 e. The van der Waals surface area contributed by atoms with Crippen LogP contribution in [0, 0.1) is 17.8 Å². The van der Waals surface area contributed by atoms with Crippen LogP contribution in [0.5, 0.6) is 0 Å². The highest BCUT2D eigenvalue weighted by molar-refractivity contribution is 6.31. The van der Waals surface area contributed by atoms with Crippen molar-refractivity contribution in [2.24, 2.45) is 17.8 Å². The Morgan fingerprint density at radius 1 is 1.04 bits per heavy atom. The number of nitrogens with one attached hydrogen (secondary N) is 1. The van der Waals surface area contributed by atoms with E-state index in [4.69, 9.17) is 16.3 Å². The molecule has 2 aliphatic carbocycles. The third kappa shape index (κ3) is 6.91. The largest absolute Gasteiger partial charge is 0.388 e. The number of amides is 1. The molecule has 3 aromatic rings. The molecule has 2 saturated heterocycles. The molecule has 2 aliphatic heterocycles. The summed E-state index contributed by atoms with van der Waals surface area (Å²) in [6, 6.07) is 9.87. The Hall–Kier alpha value is -2.72. The van der Waals surface area contributed by atoms with Gasteiger partial charge in [-0.2, -0.15) is 0 Å². The van der Waals surface area contributed by atoms with E-state index in [2.05, 4.69) is 29.4 Å². The fraction of sp³-hybridized carbons (Fsp3) is 0.649. The first-order valence-electron chi connectivity index (χ1n) is 18.0. The topological polar surface area (TPSA) is 102 Å². The minimum atomic E-state index is -1.09. The lowest BCUT2D eigenvalue weighted by Crippen LogP contribution is -2.52. The summed E-state index contributed by atoms with van der Waals surface area (Å²) < 4.78 is 9.10. The van der Waals surface area contributed by atoms with Crippen LogP contribution in [0.25, 0.3) is 16.7 Å². The van der Waals surface area contributed by atoms with Crippen molar-refractivity contribution < 1.29 is 14.6 Å². The summed E-state index contributed by atoms with van der Waals surface area (Å²) in [5.41, 5.74) is 1.12. The number of halogens is 1. The Kier molecular flexibility index (Phi) is 9.79. The molecule has 0 unspecified atom stereocenters. The van der Waals surface area contributed by atoms with Crippen LogP contribution < -0.4 is 10.9 Å². The molecule has 0 radical (unpaired) electrons.